The third kappa shape index (κ3) is 3.49. The number of hydrogen-bond acceptors (Lipinski definition) is 3. The predicted octanol–water partition coefficient (Wildman–Crippen LogP) is 4.48. The third-order valence-electron chi connectivity index (χ3n) is 4.00. The zero-order valence-electron chi connectivity index (χ0n) is 13.8. The SMILES string of the molecule is C/C(=C\C(=O)c1c(C)cc(O)cc1C#N)c1ccc(C)c(C)c1. The minimum Gasteiger partial charge on any atom is -0.508 e. The summed E-state index contributed by atoms with van der Waals surface area (Å²) in [5.74, 6) is -0.236. The molecule has 0 saturated heterocycles. The van der Waals surface area contributed by atoms with E-state index in [9.17, 15) is 15.2 Å². The lowest BCUT2D eigenvalue weighted by Gasteiger charge is -2.08. The van der Waals surface area contributed by atoms with E-state index in [2.05, 4.69) is 0 Å². The van der Waals surface area contributed by atoms with Crippen molar-refractivity contribution in [2.45, 2.75) is 27.7 Å². The molecule has 0 aromatic heterocycles. The molecule has 2 aromatic rings. The second kappa shape index (κ2) is 6.50. The number of phenolic OH excluding ortho intramolecular Hbond substituents is 1. The number of carbonyl (C=O) groups excluding carboxylic acids is 1. The first-order valence-electron chi connectivity index (χ1n) is 7.37. The standard InChI is InChI=1S/C20H19NO2/c1-12-5-6-16(7-13(12)2)14(3)9-19(23)20-15(4)8-18(22)10-17(20)11-21/h5-10,22H,1-4H3/b14-9+. The Hall–Kier alpha value is -2.86. The van der Waals surface area contributed by atoms with Gasteiger partial charge in [-0.05, 0) is 73.7 Å². The van der Waals surface area contributed by atoms with Crippen LogP contribution in [-0.2, 0) is 0 Å². The molecule has 2 aromatic carbocycles. The highest BCUT2D eigenvalue weighted by Crippen LogP contribution is 2.24. The van der Waals surface area contributed by atoms with E-state index < -0.39 is 0 Å². The van der Waals surface area contributed by atoms with Crippen LogP contribution in [0.3, 0.4) is 0 Å². The number of aromatic hydroxyl groups is 1. The number of aryl methyl sites for hydroxylation is 3. The van der Waals surface area contributed by atoms with Crippen LogP contribution in [0.4, 0.5) is 0 Å². The molecule has 3 heteroatoms. The van der Waals surface area contributed by atoms with Crippen LogP contribution < -0.4 is 0 Å². The van der Waals surface area contributed by atoms with Crippen molar-refractivity contribution < 1.29 is 9.90 Å². The van der Waals surface area contributed by atoms with Gasteiger partial charge >= 0.3 is 0 Å². The highest BCUT2D eigenvalue weighted by molar-refractivity contribution is 6.10. The lowest BCUT2D eigenvalue weighted by molar-refractivity contribution is 0.104. The fraction of sp³-hybridized carbons (Fsp3) is 0.200. The van der Waals surface area contributed by atoms with E-state index in [-0.39, 0.29) is 17.1 Å². The normalized spacial score (nSPS) is 11.2. The summed E-state index contributed by atoms with van der Waals surface area (Å²) < 4.78 is 0. The van der Waals surface area contributed by atoms with Gasteiger partial charge in [-0.25, -0.2) is 0 Å². The van der Waals surface area contributed by atoms with Crippen LogP contribution >= 0.6 is 0 Å². The fourth-order valence-corrected chi connectivity index (χ4v) is 2.52. The van der Waals surface area contributed by atoms with Crippen LogP contribution in [0.25, 0.3) is 5.57 Å². The molecule has 0 spiro atoms. The Morgan fingerprint density at radius 1 is 1.09 bits per heavy atom. The van der Waals surface area contributed by atoms with E-state index in [1.807, 2.05) is 45.0 Å². The number of hydrogen-bond donors (Lipinski definition) is 1. The van der Waals surface area contributed by atoms with Gasteiger partial charge in [0.2, 0.25) is 0 Å². The van der Waals surface area contributed by atoms with Gasteiger partial charge in [0.15, 0.2) is 5.78 Å². The van der Waals surface area contributed by atoms with E-state index in [0.717, 1.165) is 11.1 Å². The summed E-state index contributed by atoms with van der Waals surface area (Å²) in [6.07, 6.45) is 1.55. The molecule has 0 unspecified atom stereocenters. The van der Waals surface area contributed by atoms with E-state index in [1.165, 1.54) is 23.3 Å². The molecule has 2 rings (SSSR count). The summed E-state index contributed by atoms with van der Waals surface area (Å²) in [5, 5.41) is 18.8. The number of nitrogens with zero attached hydrogens (tertiary/aromatic N) is 1. The van der Waals surface area contributed by atoms with Gasteiger partial charge in [0.1, 0.15) is 11.8 Å². The highest BCUT2D eigenvalue weighted by atomic mass is 16.3. The largest absolute Gasteiger partial charge is 0.508 e. The molecule has 23 heavy (non-hydrogen) atoms. The zero-order chi connectivity index (χ0) is 17.1. The fourth-order valence-electron chi connectivity index (χ4n) is 2.52. The number of allylic oxidation sites excluding steroid dienone is 2. The molecule has 0 aliphatic carbocycles. The van der Waals surface area contributed by atoms with Gasteiger partial charge in [-0.1, -0.05) is 18.2 Å². The smallest absolute Gasteiger partial charge is 0.187 e. The average Bonchev–Trinajstić information content (AvgIpc) is 2.48. The summed E-state index contributed by atoms with van der Waals surface area (Å²) in [6.45, 7) is 7.67. The molecule has 0 fully saturated rings. The van der Waals surface area contributed by atoms with Crippen molar-refractivity contribution in [3.8, 4) is 11.8 Å². The first-order valence-corrected chi connectivity index (χ1v) is 7.37. The second-order valence-corrected chi connectivity index (χ2v) is 5.79. The van der Waals surface area contributed by atoms with E-state index in [0.29, 0.717) is 11.1 Å². The maximum absolute atomic E-state index is 12.6. The van der Waals surface area contributed by atoms with Crippen molar-refractivity contribution in [1.82, 2.24) is 0 Å². The van der Waals surface area contributed by atoms with Crippen LogP contribution in [0.5, 0.6) is 5.75 Å². The Bertz CT molecular complexity index is 855. The molecule has 3 nitrogen and oxygen atoms in total. The lowest BCUT2D eigenvalue weighted by atomic mass is 9.95. The van der Waals surface area contributed by atoms with E-state index >= 15 is 0 Å². The maximum Gasteiger partial charge on any atom is 0.187 e. The van der Waals surface area contributed by atoms with Crippen molar-refractivity contribution in [3.63, 3.8) is 0 Å². The molecule has 0 bridgehead atoms. The van der Waals surface area contributed by atoms with Gasteiger partial charge in [-0.15, -0.1) is 0 Å². The van der Waals surface area contributed by atoms with Crippen LogP contribution in [0, 0.1) is 32.1 Å². The number of rotatable bonds is 3. The molecule has 0 aliphatic rings. The zero-order valence-corrected chi connectivity index (χ0v) is 13.8. The maximum atomic E-state index is 12.6. The van der Waals surface area contributed by atoms with Gasteiger partial charge in [0, 0.05) is 5.56 Å². The number of nitriles is 1. The van der Waals surface area contributed by atoms with Crippen LogP contribution in [0.2, 0.25) is 0 Å². The van der Waals surface area contributed by atoms with Crippen LogP contribution in [0.1, 0.15) is 45.1 Å². The van der Waals surface area contributed by atoms with Crippen molar-refractivity contribution >= 4 is 11.4 Å². The first kappa shape index (κ1) is 16.5. The van der Waals surface area contributed by atoms with Gasteiger partial charge in [0.05, 0.1) is 5.56 Å². The molecular formula is C20H19NO2. The molecule has 0 amide bonds. The Morgan fingerprint density at radius 2 is 1.78 bits per heavy atom. The quantitative estimate of drug-likeness (QED) is 0.672. The van der Waals surface area contributed by atoms with Crippen molar-refractivity contribution in [2.75, 3.05) is 0 Å². The molecular weight excluding hydrogens is 286 g/mol. The second-order valence-electron chi connectivity index (χ2n) is 5.79. The molecule has 1 N–H and O–H groups in total. The molecule has 0 saturated carbocycles. The van der Waals surface area contributed by atoms with Gasteiger partial charge in [-0.3, -0.25) is 4.79 Å². The Morgan fingerprint density at radius 3 is 2.39 bits per heavy atom. The van der Waals surface area contributed by atoms with E-state index in [1.54, 1.807) is 13.0 Å². The minimum atomic E-state index is -0.227. The van der Waals surface area contributed by atoms with Crippen molar-refractivity contribution in [2.24, 2.45) is 0 Å². The minimum absolute atomic E-state index is 0.00883. The summed E-state index contributed by atoms with van der Waals surface area (Å²) in [6, 6.07) is 10.8. The summed E-state index contributed by atoms with van der Waals surface area (Å²) in [5.41, 5.74) is 5.32. The van der Waals surface area contributed by atoms with Gasteiger partial charge < -0.3 is 5.11 Å². The Kier molecular flexibility index (Phi) is 4.66. The summed E-state index contributed by atoms with van der Waals surface area (Å²) in [7, 11) is 0. The average molecular weight is 305 g/mol. The number of phenols is 1. The lowest BCUT2D eigenvalue weighted by Crippen LogP contribution is -2.03. The van der Waals surface area contributed by atoms with Crippen molar-refractivity contribution in [1.29, 1.82) is 5.26 Å². The predicted molar refractivity (Wildman–Crippen MR) is 91.5 cm³/mol. The van der Waals surface area contributed by atoms with Crippen LogP contribution in [-0.4, -0.2) is 10.9 Å². The van der Waals surface area contributed by atoms with Crippen LogP contribution in [0.15, 0.2) is 36.4 Å². The number of benzene rings is 2. The van der Waals surface area contributed by atoms with Crippen molar-refractivity contribution in [3.05, 3.63) is 69.8 Å². The Balaban J connectivity index is 2.45. The summed E-state index contributed by atoms with van der Waals surface area (Å²) >= 11 is 0. The third-order valence-corrected chi connectivity index (χ3v) is 4.00. The summed E-state index contributed by atoms with van der Waals surface area (Å²) in [4.78, 5) is 12.6. The number of ketones is 1. The highest BCUT2D eigenvalue weighted by Gasteiger charge is 2.14. The Labute approximate surface area is 136 Å². The molecule has 0 atom stereocenters. The monoisotopic (exact) mass is 305 g/mol. The molecule has 0 aliphatic heterocycles. The first-order chi connectivity index (χ1) is 10.8. The molecule has 0 heterocycles. The molecule has 116 valence electrons. The van der Waals surface area contributed by atoms with Gasteiger partial charge in [0.25, 0.3) is 0 Å². The molecule has 0 radical (unpaired) electrons. The number of carbonyl (C=O) groups is 1. The van der Waals surface area contributed by atoms with Gasteiger partial charge in [-0.2, -0.15) is 5.26 Å². The van der Waals surface area contributed by atoms with E-state index in [4.69, 9.17) is 0 Å². The topological polar surface area (TPSA) is 61.1 Å².